The van der Waals surface area contributed by atoms with Crippen molar-refractivity contribution in [2.75, 3.05) is 52.5 Å². The van der Waals surface area contributed by atoms with E-state index in [1.54, 1.807) is 12.1 Å². The van der Waals surface area contributed by atoms with Crippen molar-refractivity contribution in [3.05, 3.63) is 65.5 Å². The van der Waals surface area contributed by atoms with E-state index in [1.807, 2.05) is 41.3 Å². The van der Waals surface area contributed by atoms with Gasteiger partial charge in [0, 0.05) is 32.7 Å². The Labute approximate surface area is 195 Å². The fraction of sp³-hybridized carbons (Fsp3) is 0.519. The number of carbonyl (C=O) groups excluding carboxylic acids is 1. The minimum atomic E-state index is -0.188. The molecule has 2 aromatic carbocycles. The normalized spacial score (nSPS) is 25.2. The number of hydrogen-bond donors (Lipinski definition) is 0. The van der Waals surface area contributed by atoms with Crippen LogP contribution < -0.4 is 4.74 Å². The first kappa shape index (κ1) is 22.4. The van der Waals surface area contributed by atoms with Crippen LogP contribution in [0.1, 0.15) is 28.8 Å². The quantitative estimate of drug-likeness (QED) is 0.640. The molecule has 0 N–H and O–H groups in total. The number of likely N-dealkylation sites (tertiary alicyclic amines) is 1. The summed E-state index contributed by atoms with van der Waals surface area (Å²) in [6.45, 7) is 6.44. The van der Waals surface area contributed by atoms with Crippen LogP contribution in [0.5, 0.6) is 5.75 Å². The number of rotatable bonds is 7. The Kier molecular flexibility index (Phi) is 6.93. The molecule has 2 aromatic rings. The van der Waals surface area contributed by atoms with Crippen molar-refractivity contribution >= 4 is 5.91 Å². The van der Waals surface area contributed by atoms with Gasteiger partial charge in [0.25, 0.3) is 5.91 Å². The predicted molar refractivity (Wildman–Crippen MR) is 125 cm³/mol. The molecule has 0 aromatic heterocycles. The summed E-state index contributed by atoms with van der Waals surface area (Å²) in [7, 11) is 0. The molecule has 2 heterocycles. The van der Waals surface area contributed by atoms with Gasteiger partial charge in [-0.05, 0) is 66.8 Å². The Balaban J connectivity index is 1.19. The molecule has 0 spiro atoms. The van der Waals surface area contributed by atoms with Gasteiger partial charge in [0.05, 0.1) is 18.8 Å². The van der Waals surface area contributed by atoms with Crippen LogP contribution in [0, 0.1) is 23.6 Å². The first-order valence-corrected chi connectivity index (χ1v) is 12.2. The zero-order valence-corrected chi connectivity index (χ0v) is 19.1. The summed E-state index contributed by atoms with van der Waals surface area (Å²) >= 11 is 0. The Hall–Kier alpha value is -2.44. The molecule has 0 radical (unpaired) electrons. The predicted octanol–water partition coefficient (Wildman–Crippen LogP) is 3.88. The van der Waals surface area contributed by atoms with Crippen LogP contribution in [-0.4, -0.2) is 68.3 Å². The monoisotopic (exact) mass is 452 g/mol. The maximum Gasteiger partial charge on any atom is 0.257 e. The summed E-state index contributed by atoms with van der Waals surface area (Å²) in [5.41, 5.74) is 1.85. The number of para-hydroxylation sites is 1. The number of benzene rings is 2. The lowest BCUT2D eigenvalue weighted by molar-refractivity contribution is 0.0322. The summed E-state index contributed by atoms with van der Waals surface area (Å²) < 4.78 is 24.7. The molecule has 6 heteroatoms. The second-order valence-corrected chi connectivity index (χ2v) is 9.60. The molecule has 5 rings (SSSR count). The Morgan fingerprint density at radius 3 is 2.64 bits per heavy atom. The van der Waals surface area contributed by atoms with Gasteiger partial charge in [-0.1, -0.05) is 24.3 Å². The number of carbonyl (C=O) groups is 1. The number of hydrogen-bond acceptors (Lipinski definition) is 4. The molecule has 2 aliphatic heterocycles. The number of ether oxygens (including phenoxy) is 2. The number of halogens is 1. The summed E-state index contributed by atoms with van der Waals surface area (Å²) in [5, 5.41) is 0. The van der Waals surface area contributed by atoms with E-state index in [-0.39, 0.29) is 11.7 Å². The van der Waals surface area contributed by atoms with Gasteiger partial charge in [0.15, 0.2) is 0 Å². The number of amides is 1. The van der Waals surface area contributed by atoms with Gasteiger partial charge < -0.3 is 14.4 Å². The molecule has 2 saturated heterocycles. The van der Waals surface area contributed by atoms with Crippen LogP contribution >= 0.6 is 0 Å². The van der Waals surface area contributed by atoms with E-state index in [4.69, 9.17) is 9.47 Å². The van der Waals surface area contributed by atoms with E-state index in [2.05, 4.69) is 4.90 Å². The number of nitrogens with zero attached hydrogens (tertiary/aromatic N) is 2. The molecule has 1 saturated carbocycles. The largest absolute Gasteiger partial charge is 0.491 e. The highest BCUT2D eigenvalue weighted by atomic mass is 19.1. The van der Waals surface area contributed by atoms with E-state index in [9.17, 15) is 9.18 Å². The van der Waals surface area contributed by atoms with E-state index in [0.717, 1.165) is 58.8 Å². The first-order valence-electron chi connectivity index (χ1n) is 12.2. The average molecular weight is 453 g/mol. The highest BCUT2D eigenvalue weighted by Crippen LogP contribution is 2.44. The van der Waals surface area contributed by atoms with Gasteiger partial charge in [-0.3, -0.25) is 9.69 Å². The zero-order valence-electron chi connectivity index (χ0n) is 19.1. The topological polar surface area (TPSA) is 42.0 Å². The summed E-state index contributed by atoms with van der Waals surface area (Å²) in [6.07, 6.45) is 3.32. The van der Waals surface area contributed by atoms with Crippen LogP contribution in [-0.2, 0) is 11.2 Å². The van der Waals surface area contributed by atoms with E-state index in [0.29, 0.717) is 35.7 Å². The third kappa shape index (κ3) is 5.22. The van der Waals surface area contributed by atoms with Crippen LogP contribution in [0.2, 0.25) is 0 Å². The fourth-order valence-electron chi connectivity index (χ4n) is 5.77. The van der Waals surface area contributed by atoms with E-state index >= 15 is 0 Å². The van der Waals surface area contributed by atoms with Crippen LogP contribution in [0.25, 0.3) is 0 Å². The van der Waals surface area contributed by atoms with Crippen molar-refractivity contribution < 1.29 is 18.7 Å². The molecule has 1 aliphatic carbocycles. The lowest BCUT2D eigenvalue weighted by Crippen LogP contribution is -2.38. The summed E-state index contributed by atoms with van der Waals surface area (Å²) in [6, 6.07) is 14.5. The molecular formula is C27H33FN2O3. The lowest BCUT2D eigenvalue weighted by atomic mass is 9.87. The Morgan fingerprint density at radius 1 is 1.03 bits per heavy atom. The Bertz CT molecular complexity index is 945. The van der Waals surface area contributed by atoms with Gasteiger partial charge in [0.1, 0.15) is 18.2 Å². The van der Waals surface area contributed by atoms with E-state index in [1.165, 1.54) is 12.0 Å². The van der Waals surface area contributed by atoms with Crippen molar-refractivity contribution in [3.63, 3.8) is 0 Å². The SMILES string of the molecule is O=C(c1ccccc1OCCN1CCOCC1)N1C[C@H]2CC[C@H](Cc3ccc(F)cc3)[C@H]2C1. The number of fused-ring (bicyclic) bond motifs is 1. The van der Waals surface area contributed by atoms with Gasteiger partial charge in [0.2, 0.25) is 0 Å². The van der Waals surface area contributed by atoms with Crippen molar-refractivity contribution in [2.45, 2.75) is 19.3 Å². The molecule has 5 nitrogen and oxygen atoms in total. The fourth-order valence-corrected chi connectivity index (χ4v) is 5.77. The lowest BCUT2D eigenvalue weighted by Gasteiger charge is -2.26. The standard InChI is InChI=1S/C27H33FN2O3/c28-23-9-5-20(6-10-23)17-21-7-8-22-18-30(19-25(21)22)27(31)24-3-1-2-4-26(24)33-16-13-29-11-14-32-15-12-29/h1-6,9-10,21-22,25H,7-8,11-19H2/t21-,22-,25-/m1/s1. The van der Waals surface area contributed by atoms with Crippen molar-refractivity contribution in [2.24, 2.45) is 17.8 Å². The highest BCUT2D eigenvalue weighted by Gasteiger charge is 2.44. The van der Waals surface area contributed by atoms with Gasteiger partial charge in [-0.25, -0.2) is 4.39 Å². The van der Waals surface area contributed by atoms with Crippen molar-refractivity contribution in [1.29, 1.82) is 0 Å². The maximum atomic E-state index is 13.4. The van der Waals surface area contributed by atoms with Gasteiger partial charge >= 0.3 is 0 Å². The van der Waals surface area contributed by atoms with Gasteiger partial charge in [-0.2, -0.15) is 0 Å². The zero-order chi connectivity index (χ0) is 22.6. The minimum Gasteiger partial charge on any atom is -0.491 e. The average Bonchev–Trinajstić information content (AvgIpc) is 3.43. The summed E-state index contributed by atoms with van der Waals surface area (Å²) in [5.74, 6) is 2.20. The maximum absolute atomic E-state index is 13.4. The van der Waals surface area contributed by atoms with Crippen LogP contribution in [0.4, 0.5) is 4.39 Å². The smallest absolute Gasteiger partial charge is 0.257 e. The molecule has 3 atom stereocenters. The third-order valence-corrected chi connectivity index (χ3v) is 7.59. The van der Waals surface area contributed by atoms with E-state index < -0.39 is 0 Å². The molecule has 3 aliphatic rings. The summed E-state index contributed by atoms with van der Waals surface area (Å²) in [4.78, 5) is 17.8. The Morgan fingerprint density at radius 2 is 1.82 bits per heavy atom. The molecule has 33 heavy (non-hydrogen) atoms. The molecular weight excluding hydrogens is 419 g/mol. The van der Waals surface area contributed by atoms with Crippen molar-refractivity contribution in [3.8, 4) is 5.75 Å². The number of morpholine rings is 1. The second-order valence-electron chi connectivity index (χ2n) is 9.60. The highest BCUT2D eigenvalue weighted by molar-refractivity contribution is 5.97. The minimum absolute atomic E-state index is 0.0758. The van der Waals surface area contributed by atoms with Crippen LogP contribution in [0.15, 0.2) is 48.5 Å². The second kappa shape index (κ2) is 10.2. The molecule has 3 fully saturated rings. The molecule has 0 bridgehead atoms. The molecule has 1 amide bonds. The molecule has 176 valence electrons. The van der Waals surface area contributed by atoms with Crippen LogP contribution in [0.3, 0.4) is 0 Å². The first-order chi connectivity index (χ1) is 16.2. The third-order valence-electron chi connectivity index (χ3n) is 7.59. The van der Waals surface area contributed by atoms with Crippen molar-refractivity contribution in [1.82, 2.24) is 9.80 Å². The molecule has 0 unspecified atom stereocenters. The van der Waals surface area contributed by atoms with Gasteiger partial charge in [-0.15, -0.1) is 0 Å².